The number of fused-ring (bicyclic) bond motifs is 1. The molecule has 4 rings (SSSR count). The van der Waals surface area contributed by atoms with E-state index in [1.165, 1.54) is 22.0 Å². The van der Waals surface area contributed by atoms with Crippen LogP contribution < -0.4 is 10.9 Å². The van der Waals surface area contributed by atoms with Crippen molar-refractivity contribution in [2.75, 3.05) is 6.54 Å². The second kappa shape index (κ2) is 11.5. The molecule has 4 heterocycles. The van der Waals surface area contributed by atoms with Crippen molar-refractivity contribution < 1.29 is 32.4 Å². The largest absolute Gasteiger partial charge is 0.490 e. The Bertz CT molecular complexity index is 1280. The van der Waals surface area contributed by atoms with Gasteiger partial charge in [0.05, 0.1) is 25.0 Å². The Kier molecular flexibility index (Phi) is 8.63. The maximum atomic E-state index is 12.6. The highest BCUT2D eigenvalue weighted by atomic mass is 32.1. The van der Waals surface area contributed by atoms with E-state index in [0.29, 0.717) is 30.1 Å². The standard InChI is InChI=1S/C20H23N5O3S.C2HF3O2/c1-13-4-5-16(29-13)11-24-6-3-7-25-18(12-24)23-15(8-19(25)26)9-21-20(27)17-10-22-28-14(17)2;3-2(4,5)1(6)7/h4-5,8,10H,3,6-7,9,11-12H2,1-2H3,(H,21,27);(H,6,7). The Morgan fingerprint density at radius 1 is 1.25 bits per heavy atom. The van der Waals surface area contributed by atoms with Crippen LogP contribution in [0.5, 0.6) is 0 Å². The lowest BCUT2D eigenvalue weighted by Gasteiger charge is -2.19. The maximum absolute atomic E-state index is 12.6. The first-order chi connectivity index (χ1) is 16.9. The van der Waals surface area contributed by atoms with Gasteiger partial charge >= 0.3 is 12.1 Å². The van der Waals surface area contributed by atoms with Crippen molar-refractivity contribution in [1.29, 1.82) is 0 Å². The van der Waals surface area contributed by atoms with E-state index in [4.69, 9.17) is 14.4 Å². The van der Waals surface area contributed by atoms with Crippen LogP contribution in [-0.2, 0) is 31.0 Å². The number of aryl methyl sites for hydroxylation is 2. The predicted octanol–water partition coefficient (Wildman–Crippen LogP) is 2.88. The van der Waals surface area contributed by atoms with E-state index in [-0.39, 0.29) is 18.0 Å². The molecule has 194 valence electrons. The molecule has 1 aliphatic rings. The van der Waals surface area contributed by atoms with Gasteiger partial charge in [-0.1, -0.05) is 5.16 Å². The SMILES string of the molecule is Cc1ccc(CN2CCCn3c(nc(CNC(=O)c4cnoc4C)cc3=O)C2)s1.O=C(O)C(F)(F)F. The zero-order valence-corrected chi connectivity index (χ0v) is 20.3. The molecule has 0 aromatic carbocycles. The third-order valence-electron chi connectivity index (χ3n) is 5.20. The number of nitrogens with zero attached hydrogens (tertiary/aromatic N) is 4. The molecule has 0 spiro atoms. The molecule has 0 fully saturated rings. The van der Waals surface area contributed by atoms with E-state index in [1.807, 2.05) is 0 Å². The summed E-state index contributed by atoms with van der Waals surface area (Å²) in [5.41, 5.74) is 0.862. The number of amides is 1. The Balaban J connectivity index is 0.000000454. The molecular formula is C22H24F3N5O5S. The molecule has 10 nitrogen and oxygen atoms in total. The maximum Gasteiger partial charge on any atom is 0.490 e. The van der Waals surface area contributed by atoms with E-state index in [1.54, 1.807) is 22.8 Å². The summed E-state index contributed by atoms with van der Waals surface area (Å²) in [6.07, 6.45) is -2.80. The minimum absolute atomic E-state index is 0.0748. The zero-order chi connectivity index (χ0) is 26.5. The van der Waals surface area contributed by atoms with Crippen LogP contribution in [0, 0.1) is 13.8 Å². The van der Waals surface area contributed by atoms with Crippen LogP contribution >= 0.6 is 11.3 Å². The molecule has 0 unspecified atom stereocenters. The summed E-state index contributed by atoms with van der Waals surface area (Å²) in [4.78, 5) is 43.4. The lowest BCUT2D eigenvalue weighted by atomic mass is 10.2. The van der Waals surface area contributed by atoms with Crippen molar-refractivity contribution in [1.82, 2.24) is 24.9 Å². The number of halogens is 3. The number of aromatic nitrogens is 3. The second-order valence-electron chi connectivity index (χ2n) is 8.01. The van der Waals surface area contributed by atoms with Crippen molar-refractivity contribution in [3.8, 4) is 0 Å². The number of carboxylic acid groups (broad SMARTS) is 1. The van der Waals surface area contributed by atoms with Crippen LogP contribution in [0.1, 0.15) is 43.8 Å². The smallest absolute Gasteiger partial charge is 0.475 e. The second-order valence-corrected chi connectivity index (χ2v) is 9.38. The quantitative estimate of drug-likeness (QED) is 0.518. The first-order valence-corrected chi connectivity index (χ1v) is 11.6. The summed E-state index contributed by atoms with van der Waals surface area (Å²) < 4.78 is 38.4. The Hall–Kier alpha value is -3.52. The summed E-state index contributed by atoms with van der Waals surface area (Å²) >= 11 is 1.80. The molecule has 3 aromatic heterocycles. The van der Waals surface area contributed by atoms with Gasteiger partial charge < -0.3 is 14.9 Å². The number of hydrogen-bond donors (Lipinski definition) is 2. The summed E-state index contributed by atoms with van der Waals surface area (Å²) in [6.45, 7) is 7.00. The van der Waals surface area contributed by atoms with E-state index in [9.17, 15) is 22.8 Å². The first kappa shape index (κ1) is 27.1. The third-order valence-corrected chi connectivity index (χ3v) is 6.19. The normalized spacial score (nSPS) is 13.8. The number of aliphatic carboxylic acids is 1. The molecule has 1 amide bonds. The molecule has 3 aromatic rings. The molecule has 14 heteroatoms. The minimum atomic E-state index is -5.08. The molecule has 36 heavy (non-hydrogen) atoms. The number of carboxylic acids is 1. The zero-order valence-electron chi connectivity index (χ0n) is 19.5. The molecule has 0 saturated heterocycles. The lowest BCUT2D eigenvalue weighted by molar-refractivity contribution is -0.192. The predicted molar refractivity (Wildman–Crippen MR) is 122 cm³/mol. The van der Waals surface area contributed by atoms with Crippen molar-refractivity contribution in [3.63, 3.8) is 0 Å². The van der Waals surface area contributed by atoms with Gasteiger partial charge in [-0.2, -0.15) is 13.2 Å². The summed E-state index contributed by atoms with van der Waals surface area (Å²) in [6, 6.07) is 5.79. The molecule has 1 aliphatic heterocycles. The van der Waals surface area contributed by atoms with Gasteiger partial charge in [0.25, 0.3) is 11.5 Å². The van der Waals surface area contributed by atoms with Gasteiger partial charge in [-0.25, -0.2) is 9.78 Å². The van der Waals surface area contributed by atoms with Crippen LogP contribution in [0.2, 0.25) is 0 Å². The molecule has 0 bridgehead atoms. The number of alkyl halides is 3. The number of thiophene rings is 1. The summed E-state index contributed by atoms with van der Waals surface area (Å²) in [5.74, 6) is -1.85. The van der Waals surface area contributed by atoms with E-state index < -0.39 is 12.1 Å². The highest BCUT2D eigenvalue weighted by Crippen LogP contribution is 2.19. The van der Waals surface area contributed by atoms with Crippen molar-refractivity contribution in [3.05, 3.63) is 67.3 Å². The van der Waals surface area contributed by atoms with Gasteiger partial charge in [-0.3, -0.25) is 19.1 Å². The van der Waals surface area contributed by atoms with Crippen molar-refractivity contribution in [2.24, 2.45) is 0 Å². The highest BCUT2D eigenvalue weighted by molar-refractivity contribution is 7.11. The molecular weight excluding hydrogens is 503 g/mol. The Morgan fingerprint density at radius 2 is 1.97 bits per heavy atom. The average molecular weight is 528 g/mol. The fourth-order valence-corrected chi connectivity index (χ4v) is 4.43. The van der Waals surface area contributed by atoms with Gasteiger partial charge in [-0.05, 0) is 32.4 Å². The van der Waals surface area contributed by atoms with Gasteiger partial charge in [0.1, 0.15) is 17.1 Å². The first-order valence-electron chi connectivity index (χ1n) is 10.8. The number of nitrogens with one attached hydrogen (secondary N) is 1. The van der Waals surface area contributed by atoms with Crippen LogP contribution in [-0.4, -0.2) is 49.3 Å². The summed E-state index contributed by atoms with van der Waals surface area (Å²) in [7, 11) is 0. The van der Waals surface area contributed by atoms with Crippen LogP contribution in [0.15, 0.2) is 33.7 Å². The Labute approximate surface area is 207 Å². The van der Waals surface area contributed by atoms with Gasteiger partial charge in [0.2, 0.25) is 0 Å². The monoisotopic (exact) mass is 527 g/mol. The number of carbonyl (C=O) groups excluding carboxylic acids is 1. The minimum Gasteiger partial charge on any atom is -0.475 e. The van der Waals surface area contributed by atoms with E-state index >= 15 is 0 Å². The van der Waals surface area contributed by atoms with Crippen molar-refractivity contribution in [2.45, 2.75) is 52.6 Å². The lowest BCUT2D eigenvalue weighted by Crippen LogP contribution is -2.30. The molecule has 0 aliphatic carbocycles. The van der Waals surface area contributed by atoms with Gasteiger partial charge in [0, 0.05) is 35.5 Å². The highest BCUT2D eigenvalue weighted by Gasteiger charge is 2.38. The van der Waals surface area contributed by atoms with Crippen molar-refractivity contribution >= 4 is 23.2 Å². The number of rotatable bonds is 5. The molecule has 2 N–H and O–H groups in total. The van der Waals surface area contributed by atoms with E-state index in [2.05, 4.69) is 39.4 Å². The topological polar surface area (TPSA) is 131 Å². The molecule has 0 radical (unpaired) electrons. The van der Waals surface area contributed by atoms with Crippen LogP contribution in [0.4, 0.5) is 13.2 Å². The third kappa shape index (κ3) is 7.24. The van der Waals surface area contributed by atoms with Gasteiger partial charge in [0.15, 0.2) is 0 Å². The molecule has 0 saturated carbocycles. The number of hydrogen-bond acceptors (Lipinski definition) is 8. The fourth-order valence-electron chi connectivity index (χ4n) is 3.50. The summed E-state index contributed by atoms with van der Waals surface area (Å²) in [5, 5.41) is 13.5. The van der Waals surface area contributed by atoms with Gasteiger partial charge in [-0.15, -0.1) is 11.3 Å². The fraction of sp³-hybridized carbons (Fsp3) is 0.409. The average Bonchev–Trinajstić information content (AvgIpc) is 3.34. The van der Waals surface area contributed by atoms with E-state index in [0.717, 1.165) is 25.3 Å². The number of carbonyl (C=O) groups is 2. The van der Waals surface area contributed by atoms with Crippen LogP contribution in [0.3, 0.4) is 0 Å². The molecule has 0 atom stereocenters. The Morgan fingerprint density at radius 3 is 2.56 bits per heavy atom. The van der Waals surface area contributed by atoms with Crippen LogP contribution in [0.25, 0.3) is 0 Å².